The van der Waals surface area contributed by atoms with E-state index in [-0.39, 0.29) is 36.0 Å². The first-order chi connectivity index (χ1) is 32.3. The molecule has 27 atom stereocenters. The topological polar surface area (TPSA) is 283 Å². The summed E-state index contributed by atoms with van der Waals surface area (Å²) < 4.78 is 50.9. The molecule has 5 aliphatic heterocycles. The number of nitrogens with zero attached hydrogens (tertiary/aromatic N) is 3. The molecule has 8 N–H and O–H groups in total. The van der Waals surface area contributed by atoms with Crippen LogP contribution in [-0.2, 0) is 49.3 Å². The molecule has 1 aromatic heterocycles. The molecule has 1 aromatic rings. The molecule has 4 aliphatic carbocycles. The van der Waals surface area contributed by atoms with Crippen LogP contribution >= 0.6 is 0 Å². The summed E-state index contributed by atoms with van der Waals surface area (Å²) in [6.07, 6.45) is -12.0. The fourth-order valence-corrected chi connectivity index (χ4v) is 14.9. The SMILES string of the molecule is C[C@@H]1CC[C@@]2(OC1)O[C@H]1C[C@H]3[C@@H]4CC[C@H]5C[C@H](n6cc(CO[C@@H]7O[C@H](CO)[C@@H](O[C@@H]8O[C@@H](C)[C@H](O)[C@@H](O)[C@H]8O)[C@H](O)[C@H]7O[C@@H]7O[C@@H](C)[C@H](O)[C@@H](O)[C@H]7O)nn6)CC[C@]5(C)[C@H]4CC(=O)[C@]3(C)[C@H]1[C@@H]2C. The highest BCUT2D eigenvalue weighted by atomic mass is 16.8. The van der Waals surface area contributed by atoms with Gasteiger partial charge in [-0.1, -0.05) is 32.9 Å². The van der Waals surface area contributed by atoms with Crippen LogP contribution in [0.15, 0.2) is 6.20 Å². The van der Waals surface area contributed by atoms with Crippen molar-refractivity contribution in [1.29, 1.82) is 0 Å². The molecular weight excluding hydrogens is 891 g/mol. The highest BCUT2D eigenvalue weighted by molar-refractivity contribution is 5.87. The summed E-state index contributed by atoms with van der Waals surface area (Å²) in [5, 5.41) is 94.3. The number of aliphatic hydroxyl groups excluding tert-OH is 8. The maximum atomic E-state index is 14.7. The third-order valence-electron chi connectivity index (χ3n) is 19.1. The van der Waals surface area contributed by atoms with E-state index in [1.54, 1.807) is 0 Å². The molecule has 9 fully saturated rings. The molecule has 0 unspecified atom stereocenters. The number of aliphatic hydroxyl groups is 8. The first-order valence-electron chi connectivity index (χ1n) is 25.3. The molecule has 6 heterocycles. The molecule has 20 heteroatoms. The lowest BCUT2D eigenvalue weighted by atomic mass is 9.44. The van der Waals surface area contributed by atoms with Gasteiger partial charge < -0.3 is 78.7 Å². The second-order valence-corrected chi connectivity index (χ2v) is 22.7. The molecule has 9 aliphatic rings. The zero-order valence-electron chi connectivity index (χ0n) is 40.0. The summed E-state index contributed by atoms with van der Waals surface area (Å²) in [7, 11) is 0. The van der Waals surface area contributed by atoms with Crippen LogP contribution in [0.4, 0.5) is 0 Å². The Bertz CT molecular complexity index is 1960. The van der Waals surface area contributed by atoms with Crippen molar-refractivity contribution in [2.24, 2.45) is 52.3 Å². The van der Waals surface area contributed by atoms with Crippen molar-refractivity contribution in [2.45, 2.75) is 216 Å². The van der Waals surface area contributed by atoms with Crippen LogP contribution in [0.5, 0.6) is 0 Å². The van der Waals surface area contributed by atoms with Crippen LogP contribution in [0.1, 0.15) is 111 Å². The van der Waals surface area contributed by atoms with Gasteiger partial charge in [-0.3, -0.25) is 4.79 Å². The van der Waals surface area contributed by atoms with E-state index in [2.05, 4.69) is 38.0 Å². The Morgan fingerprint density at radius 3 is 2.09 bits per heavy atom. The minimum absolute atomic E-state index is 0.0119. The molecule has 5 saturated heterocycles. The molecule has 0 bridgehead atoms. The van der Waals surface area contributed by atoms with E-state index >= 15 is 0 Å². The van der Waals surface area contributed by atoms with E-state index in [1.807, 2.05) is 10.9 Å². The summed E-state index contributed by atoms with van der Waals surface area (Å²) >= 11 is 0. The zero-order chi connectivity index (χ0) is 48.4. The highest BCUT2D eigenvalue weighted by Crippen LogP contribution is 2.70. The van der Waals surface area contributed by atoms with E-state index in [9.17, 15) is 45.6 Å². The Kier molecular flexibility index (Phi) is 13.6. The van der Waals surface area contributed by atoms with E-state index in [1.165, 1.54) is 13.8 Å². The quantitative estimate of drug-likeness (QED) is 0.167. The standard InChI is InChI=1S/C48H75N3O17/c1-20-9-12-48(62-18-20)21(2)33-30(68-48)14-29-27-8-7-24-13-26(10-11-46(24,5)28(27)15-32(53)47(29,33)6)51-16-25(49-50-51)19-61-45-42(67-44-39(59)37(57)35(55)23(4)64-44)40(60)41(31(17-52)65-45)66-43-38(58)36(56)34(54)22(3)63-43/h16,20-24,26-31,33-45,52,54-60H,7-15,17-19H2,1-6H3/t20-,21+,22+,23+,24+,26-,27-,28+,29+,30+,31-,33+,34+,35+,36-,37-,38-,39-,40+,41-,42-,43+,44+,45-,46+,47-,48-/m1/s1. The van der Waals surface area contributed by atoms with Gasteiger partial charge in [0, 0.05) is 30.1 Å². The lowest BCUT2D eigenvalue weighted by Crippen LogP contribution is -2.66. The molecule has 4 saturated carbocycles. The molecule has 20 nitrogen and oxygen atoms in total. The lowest BCUT2D eigenvalue weighted by molar-refractivity contribution is -0.385. The first-order valence-corrected chi connectivity index (χ1v) is 25.3. The Labute approximate surface area is 396 Å². The van der Waals surface area contributed by atoms with E-state index in [0.717, 1.165) is 51.4 Å². The number of hydrogen-bond donors (Lipinski definition) is 8. The fourth-order valence-electron chi connectivity index (χ4n) is 14.9. The van der Waals surface area contributed by atoms with Gasteiger partial charge in [-0.25, -0.2) is 4.68 Å². The number of carbonyl (C=O) groups excluding carboxylic acids is 1. The summed E-state index contributed by atoms with van der Waals surface area (Å²) in [5.74, 6) is 2.21. The fraction of sp³-hybridized carbons (Fsp3) is 0.938. The minimum atomic E-state index is -1.76. The number of aromatic nitrogens is 3. The van der Waals surface area contributed by atoms with Gasteiger partial charge in [0.25, 0.3) is 0 Å². The summed E-state index contributed by atoms with van der Waals surface area (Å²) in [6.45, 7) is 11.9. The summed E-state index contributed by atoms with van der Waals surface area (Å²) in [5.41, 5.74) is 0.0482. The van der Waals surface area contributed by atoms with Crippen molar-refractivity contribution in [2.75, 3.05) is 13.2 Å². The van der Waals surface area contributed by atoms with Gasteiger partial charge in [0.2, 0.25) is 0 Å². The van der Waals surface area contributed by atoms with Gasteiger partial charge in [-0.2, -0.15) is 0 Å². The van der Waals surface area contributed by atoms with Crippen molar-refractivity contribution >= 4 is 5.78 Å². The van der Waals surface area contributed by atoms with Crippen LogP contribution in [0.2, 0.25) is 0 Å². The van der Waals surface area contributed by atoms with Crippen molar-refractivity contribution in [3.05, 3.63) is 11.9 Å². The monoisotopic (exact) mass is 966 g/mol. The highest BCUT2D eigenvalue weighted by Gasteiger charge is 2.72. The number of Topliss-reactive ketones (excluding diaryl/α,β-unsaturated/α-hetero) is 1. The van der Waals surface area contributed by atoms with Gasteiger partial charge in [0.1, 0.15) is 72.5 Å². The smallest absolute Gasteiger partial charge is 0.187 e. The number of carbonyl (C=O) groups is 1. The van der Waals surface area contributed by atoms with Gasteiger partial charge in [-0.15, -0.1) is 5.10 Å². The minimum Gasteiger partial charge on any atom is -0.394 e. The van der Waals surface area contributed by atoms with Crippen molar-refractivity contribution < 1.29 is 83.5 Å². The second kappa shape index (κ2) is 18.6. The Morgan fingerprint density at radius 1 is 0.765 bits per heavy atom. The summed E-state index contributed by atoms with van der Waals surface area (Å²) in [6, 6.07) is 0.0684. The molecule has 1 spiro atoms. The molecule has 0 amide bonds. The predicted molar refractivity (Wildman–Crippen MR) is 232 cm³/mol. The average molecular weight is 966 g/mol. The number of rotatable bonds is 9. The predicted octanol–water partition coefficient (Wildman–Crippen LogP) is 0.465. The van der Waals surface area contributed by atoms with Crippen LogP contribution in [0.25, 0.3) is 0 Å². The Morgan fingerprint density at radius 2 is 1.44 bits per heavy atom. The van der Waals surface area contributed by atoms with Crippen LogP contribution in [0.3, 0.4) is 0 Å². The van der Waals surface area contributed by atoms with Crippen LogP contribution in [-0.4, -0.2) is 179 Å². The number of fused-ring (bicyclic) bond motifs is 7. The average Bonchev–Trinajstić information content (AvgIpc) is 3.99. The van der Waals surface area contributed by atoms with Crippen LogP contribution < -0.4 is 0 Å². The van der Waals surface area contributed by atoms with Crippen molar-refractivity contribution in [1.82, 2.24) is 15.0 Å². The molecule has 0 radical (unpaired) electrons. The maximum absolute atomic E-state index is 14.7. The van der Waals surface area contributed by atoms with E-state index < -0.39 is 110 Å². The van der Waals surface area contributed by atoms with Crippen molar-refractivity contribution in [3.8, 4) is 0 Å². The molecular formula is C48H75N3O17. The third-order valence-corrected chi connectivity index (χ3v) is 19.1. The Hall–Kier alpha value is -1.83. The maximum Gasteiger partial charge on any atom is 0.187 e. The van der Waals surface area contributed by atoms with Gasteiger partial charge in [0.15, 0.2) is 24.7 Å². The van der Waals surface area contributed by atoms with E-state index in [0.29, 0.717) is 54.1 Å². The van der Waals surface area contributed by atoms with Crippen LogP contribution in [0, 0.1) is 52.3 Å². The van der Waals surface area contributed by atoms with Gasteiger partial charge in [0.05, 0.1) is 50.4 Å². The van der Waals surface area contributed by atoms with Gasteiger partial charge >= 0.3 is 0 Å². The Balaban J connectivity index is 0.804. The normalized spacial score (nSPS) is 54.8. The molecule has 10 rings (SSSR count). The molecule has 0 aromatic carbocycles. The number of ketones is 1. The second-order valence-electron chi connectivity index (χ2n) is 22.7. The van der Waals surface area contributed by atoms with E-state index in [4.69, 9.17) is 37.9 Å². The zero-order valence-corrected chi connectivity index (χ0v) is 40.0. The third kappa shape index (κ3) is 8.07. The first kappa shape index (κ1) is 49.7. The van der Waals surface area contributed by atoms with Crippen molar-refractivity contribution in [3.63, 3.8) is 0 Å². The van der Waals surface area contributed by atoms with Gasteiger partial charge in [-0.05, 0) is 93.8 Å². The molecule has 68 heavy (non-hydrogen) atoms. The lowest BCUT2D eigenvalue weighted by Gasteiger charge is -2.60. The number of hydrogen-bond acceptors (Lipinski definition) is 19. The summed E-state index contributed by atoms with van der Waals surface area (Å²) in [4.78, 5) is 14.7. The number of ether oxygens (including phenoxy) is 8. The largest absolute Gasteiger partial charge is 0.394 e. The molecule has 384 valence electrons.